The van der Waals surface area contributed by atoms with Crippen LogP contribution < -0.4 is 0 Å². The molecule has 7 nitrogen and oxygen atoms in total. The van der Waals surface area contributed by atoms with Gasteiger partial charge in [-0.25, -0.2) is 0 Å². The summed E-state index contributed by atoms with van der Waals surface area (Å²) in [4.78, 5) is 0. The summed E-state index contributed by atoms with van der Waals surface area (Å²) in [7, 11) is 0. The summed E-state index contributed by atoms with van der Waals surface area (Å²) in [6.45, 7) is 1.94. The molecule has 0 aromatic rings. The van der Waals surface area contributed by atoms with E-state index in [1.165, 1.54) is 0 Å². The summed E-state index contributed by atoms with van der Waals surface area (Å²) >= 11 is 0. The van der Waals surface area contributed by atoms with Gasteiger partial charge in [-0.2, -0.15) is 0 Å². The van der Waals surface area contributed by atoms with E-state index in [1.54, 1.807) is 0 Å². The zero-order valence-electron chi connectivity index (χ0n) is 9.17. The molecule has 0 aliphatic carbocycles. The smallest absolute Gasteiger partial charge is 0.338 e. The monoisotopic (exact) mass is 240 g/mol. The molecule has 16 heavy (non-hydrogen) atoms. The van der Waals surface area contributed by atoms with E-state index in [0.29, 0.717) is 6.42 Å². The minimum atomic E-state index is -4.01. The Balaban J connectivity index is 4.41. The van der Waals surface area contributed by atoms with Gasteiger partial charge in [0.25, 0.3) is 0 Å². The van der Waals surface area contributed by atoms with Crippen LogP contribution in [0.5, 0.6) is 0 Å². The van der Waals surface area contributed by atoms with Gasteiger partial charge in [0.2, 0.25) is 5.79 Å². The number of aliphatic hydroxyl groups is 7. The van der Waals surface area contributed by atoms with E-state index in [2.05, 4.69) is 0 Å². The summed E-state index contributed by atoms with van der Waals surface area (Å²) in [5.41, 5.74) is 0. The minimum absolute atomic E-state index is 0.236. The van der Waals surface area contributed by atoms with Crippen molar-refractivity contribution >= 4 is 0 Å². The molecule has 0 aromatic carbocycles. The third kappa shape index (κ3) is 3.63. The van der Waals surface area contributed by atoms with E-state index in [1.807, 2.05) is 6.92 Å². The zero-order valence-corrected chi connectivity index (χ0v) is 9.17. The van der Waals surface area contributed by atoms with E-state index >= 15 is 0 Å². The van der Waals surface area contributed by atoms with Gasteiger partial charge in [-0.3, -0.25) is 0 Å². The second-order valence-corrected chi connectivity index (χ2v) is 3.93. The topological polar surface area (TPSA) is 142 Å². The first kappa shape index (κ1) is 15.7. The van der Waals surface area contributed by atoms with Crippen LogP contribution in [0, 0.1) is 0 Å². The van der Waals surface area contributed by atoms with Gasteiger partial charge in [0.15, 0.2) is 0 Å². The van der Waals surface area contributed by atoms with Crippen LogP contribution in [0.4, 0.5) is 0 Å². The van der Waals surface area contributed by atoms with Gasteiger partial charge in [-0.05, 0) is 6.42 Å². The predicted octanol–water partition coefficient (Wildman–Crippen LogP) is -2.05. The first-order valence-corrected chi connectivity index (χ1v) is 5.13. The van der Waals surface area contributed by atoms with Crippen molar-refractivity contribution in [3.05, 3.63) is 0 Å². The van der Waals surface area contributed by atoms with Gasteiger partial charge < -0.3 is 35.7 Å². The highest BCUT2D eigenvalue weighted by atomic mass is 16.7. The molecular weight excluding hydrogens is 220 g/mol. The van der Waals surface area contributed by atoms with Gasteiger partial charge in [0.1, 0.15) is 0 Å². The molecular formula is C9H20O7. The van der Waals surface area contributed by atoms with Gasteiger partial charge >= 0.3 is 11.8 Å². The molecule has 98 valence electrons. The molecule has 0 atom stereocenters. The number of rotatable bonds is 7. The van der Waals surface area contributed by atoms with Crippen LogP contribution in [0.25, 0.3) is 0 Å². The number of hydrogen-bond acceptors (Lipinski definition) is 7. The molecule has 0 spiro atoms. The highest BCUT2D eigenvalue weighted by Crippen LogP contribution is 2.30. The molecule has 7 heteroatoms. The second kappa shape index (κ2) is 5.37. The van der Waals surface area contributed by atoms with Crippen molar-refractivity contribution in [3.8, 4) is 0 Å². The average Bonchev–Trinajstić information content (AvgIpc) is 2.10. The van der Waals surface area contributed by atoms with E-state index in [9.17, 15) is 10.2 Å². The molecule has 0 rings (SSSR count). The normalized spacial score (nSPS) is 14.2. The van der Waals surface area contributed by atoms with Crippen LogP contribution in [0.1, 0.15) is 39.0 Å². The van der Waals surface area contributed by atoms with Crippen LogP contribution >= 0.6 is 0 Å². The zero-order chi connectivity index (χ0) is 13.0. The molecule has 0 aromatic heterocycles. The molecule has 0 aliphatic heterocycles. The number of hydrogen-bond donors (Lipinski definition) is 7. The maximum absolute atomic E-state index is 9.25. The first-order valence-electron chi connectivity index (χ1n) is 5.13. The predicted molar refractivity (Wildman–Crippen MR) is 52.5 cm³/mol. The summed E-state index contributed by atoms with van der Waals surface area (Å²) in [6.07, 6.45) is 2.06. The van der Waals surface area contributed by atoms with Crippen LogP contribution in [-0.4, -0.2) is 53.3 Å². The molecule has 7 N–H and O–H groups in total. The lowest BCUT2D eigenvalue weighted by Gasteiger charge is -2.39. The lowest BCUT2D eigenvalue weighted by atomic mass is 9.96. The highest BCUT2D eigenvalue weighted by molar-refractivity contribution is 4.87. The van der Waals surface area contributed by atoms with Crippen molar-refractivity contribution in [2.24, 2.45) is 0 Å². The molecule has 0 aliphatic rings. The van der Waals surface area contributed by atoms with E-state index < -0.39 is 24.0 Å². The minimum Gasteiger partial charge on any atom is -0.361 e. The van der Waals surface area contributed by atoms with Gasteiger partial charge in [0, 0.05) is 6.42 Å². The van der Waals surface area contributed by atoms with Gasteiger partial charge in [-0.1, -0.05) is 26.2 Å². The molecule has 0 unspecified atom stereocenters. The molecule has 0 amide bonds. The summed E-state index contributed by atoms with van der Waals surface area (Å²) < 4.78 is 0. The van der Waals surface area contributed by atoms with Crippen molar-refractivity contribution < 1.29 is 35.7 Å². The average molecular weight is 240 g/mol. The Kier molecular flexibility index (Phi) is 5.27. The fourth-order valence-electron chi connectivity index (χ4n) is 1.24. The molecule has 0 radical (unpaired) electrons. The Bertz CT molecular complexity index is 206. The first-order chi connectivity index (χ1) is 7.06. The second-order valence-electron chi connectivity index (χ2n) is 3.93. The van der Waals surface area contributed by atoms with Crippen LogP contribution in [-0.2, 0) is 0 Å². The fraction of sp³-hybridized carbons (Fsp3) is 1.00. The van der Waals surface area contributed by atoms with E-state index in [-0.39, 0.29) is 6.42 Å². The molecule has 0 saturated carbocycles. The summed E-state index contributed by atoms with van der Waals surface area (Å²) in [5.74, 6) is -11.1. The fourth-order valence-corrected chi connectivity index (χ4v) is 1.24. The Morgan fingerprint density at radius 1 is 0.750 bits per heavy atom. The summed E-state index contributed by atoms with van der Waals surface area (Å²) in [5, 5.41) is 62.3. The highest BCUT2D eigenvalue weighted by Gasteiger charge is 2.61. The van der Waals surface area contributed by atoms with Crippen molar-refractivity contribution in [2.75, 3.05) is 0 Å². The quantitative estimate of drug-likeness (QED) is 0.200. The maximum atomic E-state index is 9.25. The van der Waals surface area contributed by atoms with Crippen LogP contribution in [0.15, 0.2) is 0 Å². The molecule has 0 fully saturated rings. The third-order valence-electron chi connectivity index (χ3n) is 2.40. The SMILES string of the molecule is CCCCCCC(O)(O)C(O)(O)C(O)(O)O. The van der Waals surface area contributed by atoms with Gasteiger partial charge in [-0.15, -0.1) is 0 Å². The molecule has 0 bridgehead atoms. The van der Waals surface area contributed by atoms with Crippen molar-refractivity contribution in [2.45, 2.75) is 56.6 Å². The summed E-state index contributed by atoms with van der Waals surface area (Å²) in [6, 6.07) is 0. The lowest BCUT2D eigenvalue weighted by molar-refractivity contribution is -0.509. The number of unbranched alkanes of at least 4 members (excludes halogenated alkanes) is 3. The van der Waals surface area contributed by atoms with Gasteiger partial charge in [0.05, 0.1) is 0 Å². The Hall–Kier alpha value is -0.280. The lowest BCUT2D eigenvalue weighted by Crippen LogP contribution is -2.68. The van der Waals surface area contributed by atoms with Crippen LogP contribution in [0.2, 0.25) is 0 Å². The van der Waals surface area contributed by atoms with Crippen LogP contribution in [0.3, 0.4) is 0 Å². The largest absolute Gasteiger partial charge is 0.361 e. The third-order valence-corrected chi connectivity index (χ3v) is 2.40. The van der Waals surface area contributed by atoms with E-state index in [4.69, 9.17) is 25.5 Å². The molecule has 0 heterocycles. The molecule has 0 saturated heterocycles. The standard InChI is InChI=1S/C9H20O7/c1-2-3-4-5-6-7(10,11)8(12,13)9(14,15)16/h10-16H,2-6H2,1H3. The van der Waals surface area contributed by atoms with Crippen molar-refractivity contribution in [3.63, 3.8) is 0 Å². The Morgan fingerprint density at radius 2 is 1.25 bits per heavy atom. The van der Waals surface area contributed by atoms with Crippen molar-refractivity contribution in [1.82, 2.24) is 0 Å². The Morgan fingerprint density at radius 3 is 1.62 bits per heavy atom. The Labute approximate surface area is 93.2 Å². The van der Waals surface area contributed by atoms with Crippen molar-refractivity contribution in [1.29, 1.82) is 0 Å². The van der Waals surface area contributed by atoms with E-state index in [0.717, 1.165) is 12.8 Å². The maximum Gasteiger partial charge on any atom is 0.338 e.